The van der Waals surface area contributed by atoms with Gasteiger partial charge in [-0.1, -0.05) is 24.3 Å². The van der Waals surface area contributed by atoms with Gasteiger partial charge in [0.2, 0.25) is 0 Å². The lowest BCUT2D eigenvalue weighted by Gasteiger charge is -2.06. The minimum absolute atomic E-state index is 0.582. The monoisotopic (exact) mass is 375 g/mol. The molecule has 0 bridgehead atoms. The van der Waals surface area contributed by atoms with E-state index < -0.39 is 0 Å². The molecule has 0 saturated heterocycles. The zero-order valence-electron chi connectivity index (χ0n) is 15.9. The molecule has 0 aliphatic heterocycles. The number of para-hydroxylation sites is 1. The lowest BCUT2D eigenvalue weighted by atomic mass is 10.1. The molecule has 4 rings (SSSR count). The number of hydrogen-bond donors (Lipinski definition) is 0. The van der Waals surface area contributed by atoms with Crippen molar-refractivity contribution >= 4 is 0 Å². The second-order valence-corrected chi connectivity index (χ2v) is 6.39. The van der Waals surface area contributed by atoms with E-state index in [9.17, 15) is 0 Å². The molecule has 0 aliphatic rings. The van der Waals surface area contributed by atoms with Gasteiger partial charge < -0.3 is 4.74 Å². The number of pyridine rings is 1. The van der Waals surface area contributed by atoms with Crippen molar-refractivity contribution in [3.05, 3.63) is 78.0 Å². The Labute approximate surface area is 162 Å². The van der Waals surface area contributed by atoms with Gasteiger partial charge in [0, 0.05) is 30.6 Å². The Balaban J connectivity index is 1.66. The fourth-order valence-corrected chi connectivity index (χ4v) is 3.04. The normalized spacial score (nSPS) is 10.9. The fourth-order valence-electron chi connectivity index (χ4n) is 3.04. The summed E-state index contributed by atoms with van der Waals surface area (Å²) in [6, 6.07) is 13.8. The van der Waals surface area contributed by atoms with Gasteiger partial charge in [0.05, 0.1) is 7.11 Å². The SMILES string of the molecule is COc1ccccc1Cc1nc(CCn2cncn2)n(-c2cccc(C)n2)n1. The van der Waals surface area contributed by atoms with Crippen molar-refractivity contribution in [3.63, 3.8) is 0 Å². The van der Waals surface area contributed by atoms with Crippen LogP contribution in [-0.2, 0) is 19.4 Å². The highest BCUT2D eigenvalue weighted by Crippen LogP contribution is 2.20. The molecule has 142 valence electrons. The Morgan fingerprint density at radius 3 is 2.71 bits per heavy atom. The van der Waals surface area contributed by atoms with Gasteiger partial charge in [0.1, 0.15) is 24.2 Å². The molecular formula is C20H21N7O. The summed E-state index contributed by atoms with van der Waals surface area (Å²) in [4.78, 5) is 13.4. The standard InChI is InChI=1S/C20H21N7O/c1-15-6-5-9-19(23-15)27-20(10-11-26-14-21-13-22-26)24-18(25-27)12-16-7-3-4-8-17(16)28-2/h3-9,13-14H,10-12H2,1-2H3. The van der Waals surface area contributed by atoms with Crippen molar-refractivity contribution in [2.75, 3.05) is 7.11 Å². The van der Waals surface area contributed by atoms with Crippen LogP contribution in [-0.4, -0.2) is 41.6 Å². The number of benzene rings is 1. The van der Waals surface area contributed by atoms with Gasteiger partial charge in [0.25, 0.3) is 0 Å². The third-order valence-electron chi connectivity index (χ3n) is 4.38. The molecule has 0 amide bonds. The molecule has 0 spiro atoms. The summed E-state index contributed by atoms with van der Waals surface area (Å²) in [5, 5.41) is 8.90. The molecule has 4 aromatic rings. The minimum Gasteiger partial charge on any atom is -0.496 e. The molecule has 3 aromatic heterocycles. The quantitative estimate of drug-likeness (QED) is 0.493. The summed E-state index contributed by atoms with van der Waals surface area (Å²) in [6.07, 6.45) is 4.47. The van der Waals surface area contributed by atoms with Crippen molar-refractivity contribution < 1.29 is 4.74 Å². The topological polar surface area (TPSA) is 83.5 Å². The van der Waals surface area contributed by atoms with E-state index in [4.69, 9.17) is 14.8 Å². The van der Waals surface area contributed by atoms with Crippen LogP contribution in [0.2, 0.25) is 0 Å². The maximum absolute atomic E-state index is 5.46. The Kier molecular flexibility index (Phi) is 5.09. The van der Waals surface area contributed by atoms with Crippen LogP contribution in [0.15, 0.2) is 55.1 Å². The molecule has 28 heavy (non-hydrogen) atoms. The first-order valence-electron chi connectivity index (χ1n) is 9.06. The van der Waals surface area contributed by atoms with Crippen molar-refractivity contribution in [2.24, 2.45) is 0 Å². The van der Waals surface area contributed by atoms with Gasteiger partial charge in [-0.2, -0.15) is 9.78 Å². The van der Waals surface area contributed by atoms with Crippen LogP contribution in [0.1, 0.15) is 22.9 Å². The van der Waals surface area contributed by atoms with Crippen LogP contribution < -0.4 is 4.74 Å². The van der Waals surface area contributed by atoms with Gasteiger partial charge in [0.15, 0.2) is 11.6 Å². The summed E-state index contributed by atoms with van der Waals surface area (Å²) in [7, 11) is 1.67. The lowest BCUT2D eigenvalue weighted by Crippen LogP contribution is -2.09. The molecule has 0 atom stereocenters. The predicted octanol–water partition coefficient (Wildman–Crippen LogP) is 2.40. The number of nitrogens with zero attached hydrogens (tertiary/aromatic N) is 7. The van der Waals surface area contributed by atoms with Gasteiger partial charge in [-0.3, -0.25) is 4.68 Å². The van der Waals surface area contributed by atoms with E-state index in [2.05, 4.69) is 15.1 Å². The molecule has 0 saturated carbocycles. The maximum atomic E-state index is 5.46. The van der Waals surface area contributed by atoms with E-state index in [1.165, 1.54) is 6.33 Å². The molecule has 3 heterocycles. The Bertz CT molecular complexity index is 1060. The second-order valence-electron chi connectivity index (χ2n) is 6.39. The van der Waals surface area contributed by atoms with Crippen LogP contribution in [0.4, 0.5) is 0 Å². The van der Waals surface area contributed by atoms with Crippen molar-refractivity contribution in [2.45, 2.75) is 26.3 Å². The van der Waals surface area contributed by atoms with E-state index in [-0.39, 0.29) is 0 Å². The Morgan fingerprint density at radius 1 is 1.04 bits per heavy atom. The van der Waals surface area contributed by atoms with Gasteiger partial charge in [-0.05, 0) is 25.1 Å². The van der Waals surface area contributed by atoms with E-state index in [0.29, 0.717) is 19.4 Å². The minimum atomic E-state index is 0.582. The van der Waals surface area contributed by atoms with E-state index in [0.717, 1.165) is 34.5 Å². The first-order chi connectivity index (χ1) is 13.7. The van der Waals surface area contributed by atoms with Gasteiger partial charge >= 0.3 is 0 Å². The molecule has 0 radical (unpaired) electrons. The van der Waals surface area contributed by atoms with Crippen LogP contribution in [0.25, 0.3) is 5.82 Å². The van der Waals surface area contributed by atoms with Crippen LogP contribution in [0.5, 0.6) is 5.75 Å². The third kappa shape index (κ3) is 3.90. The Hall–Kier alpha value is -3.55. The Morgan fingerprint density at radius 2 is 1.93 bits per heavy atom. The maximum Gasteiger partial charge on any atom is 0.155 e. The number of hydrogen-bond acceptors (Lipinski definition) is 6. The lowest BCUT2D eigenvalue weighted by molar-refractivity contribution is 0.410. The highest BCUT2D eigenvalue weighted by Gasteiger charge is 2.15. The summed E-state index contributed by atoms with van der Waals surface area (Å²) in [5.41, 5.74) is 1.98. The van der Waals surface area contributed by atoms with Crippen molar-refractivity contribution in [1.82, 2.24) is 34.5 Å². The van der Waals surface area contributed by atoms with E-state index in [1.54, 1.807) is 18.1 Å². The van der Waals surface area contributed by atoms with Crippen LogP contribution in [0, 0.1) is 6.92 Å². The molecular weight excluding hydrogens is 354 g/mol. The summed E-state index contributed by atoms with van der Waals surface area (Å²) in [6.45, 7) is 2.63. The summed E-state index contributed by atoms with van der Waals surface area (Å²) < 4.78 is 9.05. The predicted molar refractivity (Wildman–Crippen MR) is 103 cm³/mol. The zero-order valence-corrected chi connectivity index (χ0v) is 15.9. The average molecular weight is 375 g/mol. The fraction of sp³-hybridized carbons (Fsp3) is 0.250. The van der Waals surface area contributed by atoms with Crippen LogP contribution >= 0.6 is 0 Å². The molecule has 1 aromatic carbocycles. The first kappa shape index (κ1) is 17.8. The molecule has 0 unspecified atom stereocenters. The molecule has 0 N–H and O–H groups in total. The summed E-state index contributed by atoms with van der Waals surface area (Å²) in [5.74, 6) is 3.14. The smallest absolute Gasteiger partial charge is 0.155 e. The average Bonchev–Trinajstić information content (AvgIpc) is 3.36. The van der Waals surface area contributed by atoms with Gasteiger partial charge in [-0.25, -0.2) is 15.0 Å². The van der Waals surface area contributed by atoms with E-state index >= 15 is 0 Å². The molecule has 0 fully saturated rings. The summed E-state index contributed by atoms with van der Waals surface area (Å²) >= 11 is 0. The highest BCUT2D eigenvalue weighted by atomic mass is 16.5. The number of aryl methyl sites for hydroxylation is 3. The van der Waals surface area contributed by atoms with Gasteiger partial charge in [-0.15, -0.1) is 5.10 Å². The first-order valence-corrected chi connectivity index (χ1v) is 9.06. The van der Waals surface area contributed by atoms with Crippen LogP contribution in [0.3, 0.4) is 0 Å². The number of ether oxygens (including phenoxy) is 1. The number of rotatable bonds is 7. The van der Waals surface area contributed by atoms with E-state index in [1.807, 2.05) is 54.1 Å². The van der Waals surface area contributed by atoms with Crippen molar-refractivity contribution in [3.8, 4) is 11.6 Å². The van der Waals surface area contributed by atoms with Crippen molar-refractivity contribution in [1.29, 1.82) is 0 Å². The number of aromatic nitrogens is 7. The molecule has 8 heteroatoms. The zero-order chi connectivity index (χ0) is 19.3. The highest BCUT2D eigenvalue weighted by molar-refractivity contribution is 5.35. The third-order valence-corrected chi connectivity index (χ3v) is 4.38. The second kappa shape index (κ2) is 7.99. The largest absolute Gasteiger partial charge is 0.496 e. The molecule has 8 nitrogen and oxygen atoms in total. The number of methoxy groups -OCH3 is 1. The molecule has 0 aliphatic carbocycles.